The van der Waals surface area contributed by atoms with Gasteiger partial charge >= 0.3 is 6.55 Å². The minimum Gasteiger partial charge on any atom is -0.467 e. The van der Waals surface area contributed by atoms with Gasteiger partial charge in [0.15, 0.2) is 0 Å². The molecule has 5 nitrogen and oxygen atoms in total. The largest absolute Gasteiger partial charge is 0.467 e. The highest BCUT2D eigenvalue weighted by molar-refractivity contribution is 5.03. The molecular weight excluding hydrogens is 316 g/mol. The van der Waals surface area contributed by atoms with Crippen LogP contribution in [0.4, 0.5) is 8.78 Å². The van der Waals surface area contributed by atoms with Gasteiger partial charge < -0.3 is 9.52 Å². The fourth-order valence-electron chi connectivity index (χ4n) is 3.39. The van der Waals surface area contributed by atoms with E-state index in [-0.39, 0.29) is 6.04 Å². The average Bonchev–Trinajstić information content (AvgIpc) is 3.19. The van der Waals surface area contributed by atoms with E-state index in [0.717, 1.165) is 36.8 Å². The molecule has 0 spiro atoms. The van der Waals surface area contributed by atoms with E-state index in [2.05, 4.69) is 9.88 Å². The van der Waals surface area contributed by atoms with Crippen LogP contribution in [0.1, 0.15) is 56.3 Å². The van der Waals surface area contributed by atoms with Crippen molar-refractivity contribution in [3.8, 4) is 0 Å². The molecule has 1 saturated heterocycles. The normalized spacial score (nSPS) is 21.1. The highest BCUT2D eigenvalue weighted by atomic mass is 19.3. The number of nitrogens with zero attached hydrogens (tertiary/aromatic N) is 3. The first-order chi connectivity index (χ1) is 11.6. The first-order valence-corrected chi connectivity index (χ1v) is 8.40. The first kappa shape index (κ1) is 17.1. The summed E-state index contributed by atoms with van der Waals surface area (Å²) in [5.74, 6) is 0.915. The van der Waals surface area contributed by atoms with Crippen molar-refractivity contribution in [2.45, 2.75) is 57.3 Å². The van der Waals surface area contributed by atoms with Crippen LogP contribution in [0.15, 0.2) is 35.2 Å². The van der Waals surface area contributed by atoms with Gasteiger partial charge in [-0.05, 0) is 37.9 Å². The van der Waals surface area contributed by atoms with Crippen LogP contribution in [0.3, 0.4) is 0 Å². The molecule has 3 heterocycles. The number of aliphatic hydroxyl groups excluding tert-OH is 1. The molecule has 0 aromatic carbocycles. The maximum Gasteiger partial charge on any atom is 0.319 e. The topological polar surface area (TPSA) is 54.4 Å². The van der Waals surface area contributed by atoms with E-state index >= 15 is 0 Å². The predicted octanol–water partition coefficient (Wildman–Crippen LogP) is 3.74. The van der Waals surface area contributed by atoms with Gasteiger partial charge in [0.05, 0.1) is 12.8 Å². The van der Waals surface area contributed by atoms with Crippen molar-refractivity contribution in [2.75, 3.05) is 6.54 Å². The number of rotatable bonds is 6. The van der Waals surface area contributed by atoms with E-state index in [1.54, 1.807) is 18.4 Å². The van der Waals surface area contributed by atoms with Gasteiger partial charge in [-0.2, -0.15) is 8.78 Å². The lowest BCUT2D eigenvalue weighted by Crippen LogP contribution is -2.36. The molecule has 24 heavy (non-hydrogen) atoms. The molecule has 1 aliphatic rings. The molecule has 132 valence electrons. The molecule has 3 rings (SSSR count). The maximum absolute atomic E-state index is 13.0. The predicted molar refractivity (Wildman–Crippen MR) is 84.4 cm³/mol. The molecular formula is C17H23F2N3O2. The summed E-state index contributed by atoms with van der Waals surface area (Å²) in [6.07, 6.45) is 8.28. The summed E-state index contributed by atoms with van der Waals surface area (Å²) >= 11 is 0. The van der Waals surface area contributed by atoms with Gasteiger partial charge in [-0.15, -0.1) is 0 Å². The van der Waals surface area contributed by atoms with Crippen LogP contribution < -0.4 is 0 Å². The van der Waals surface area contributed by atoms with Gasteiger partial charge in [0.2, 0.25) is 0 Å². The minimum atomic E-state index is -2.58. The maximum atomic E-state index is 13.0. The number of alkyl halides is 2. The van der Waals surface area contributed by atoms with E-state index in [9.17, 15) is 13.9 Å². The van der Waals surface area contributed by atoms with Crippen molar-refractivity contribution >= 4 is 0 Å². The molecule has 0 bridgehead atoms. The van der Waals surface area contributed by atoms with Crippen LogP contribution in [-0.2, 0) is 6.54 Å². The summed E-state index contributed by atoms with van der Waals surface area (Å²) in [4.78, 5) is 6.25. The lowest BCUT2D eigenvalue weighted by molar-refractivity contribution is 0.0560. The monoisotopic (exact) mass is 339 g/mol. The minimum absolute atomic E-state index is 0.121. The van der Waals surface area contributed by atoms with E-state index in [4.69, 9.17) is 4.42 Å². The molecule has 0 radical (unpaired) electrons. The van der Waals surface area contributed by atoms with Crippen LogP contribution in [0.5, 0.6) is 0 Å². The SMILES string of the molecule is OC(CC1CCCCCN1Cc1nccn1C(F)F)c1ccco1. The lowest BCUT2D eigenvalue weighted by atomic mass is 10.0. The molecule has 1 N–H and O–H groups in total. The Labute approximate surface area is 139 Å². The third-order valence-electron chi connectivity index (χ3n) is 4.67. The fourth-order valence-corrected chi connectivity index (χ4v) is 3.39. The van der Waals surface area contributed by atoms with Crippen LogP contribution in [-0.4, -0.2) is 32.1 Å². The third-order valence-corrected chi connectivity index (χ3v) is 4.67. The van der Waals surface area contributed by atoms with Gasteiger partial charge in [-0.1, -0.05) is 12.8 Å². The van der Waals surface area contributed by atoms with Crippen molar-refractivity contribution < 1.29 is 18.3 Å². The summed E-state index contributed by atoms with van der Waals surface area (Å²) in [6, 6.07) is 3.63. The number of hydrogen-bond acceptors (Lipinski definition) is 4. The number of halogens is 2. The number of aromatic nitrogens is 2. The third kappa shape index (κ3) is 4.02. The van der Waals surface area contributed by atoms with E-state index in [1.165, 1.54) is 12.4 Å². The number of aliphatic hydroxyl groups is 1. The number of likely N-dealkylation sites (tertiary alicyclic amines) is 1. The number of hydrogen-bond donors (Lipinski definition) is 1. The summed E-state index contributed by atoms with van der Waals surface area (Å²) in [5, 5.41) is 10.4. The van der Waals surface area contributed by atoms with Crippen molar-refractivity contribution in [2.24, 2.45) is 0 Å². The molecule has 7 heteroatoms. The van der Waals surface area contributed by atoms with E-state index in [1.807, 2.05) is 0 Å². The molecule has 0 amide bonds. The fraction of sp³-hybridized carbons (Fsp3) is 0.588. The second-order valence-electron chi connectivity index (χ2n) is 6.27. The van der Waals surface area contributed by atoms with Crippen LogP contribution >= 0.6 is 0 Å². The Kier molecular flexibility index (Phi) is 5.63. The smallest absolute Gasteiger partial charge is 0.319 e. The van der Waals surface area contributed by atoms with Crippen molar-refractivity contribution in [3.05, 3.63) is 42.4 Å². The van der Waals surface area contributed by atoms with Crippen molar-refractivity contribution in [1.29, 1.82) is 0 Å². The Bertz CT molecular complexity index is 615. The summed E-state index contributed by atoms with van der Waals surface area (Å²) in [6.45, 7) is -1.39. The summed E-state index contributed by atoms with van der Waals surface area (Å²) < 4.78 is 32.3. The Balaban J connectivity index is 1.71. The number of furan rings is 1. The van der Waals surface area contributed by atoms with Gasteiger partial charge in [-0.3, -0.25) is 9.47 Å². The summed E-state index contributed by atoms with van der Waals surface area (Å²) in [5.41, 5.74) is 0. The highest BCUT2D eigenvalue weighted by Gasteiger charge is 2.27. The molecule has 1 fully saturated rings. The Morgan fingerprint density at radius 1 is 1.33 bits per heavy atom. The Hall–Kier alpha value is -1.73. The standard InChI is InChI=1S/C17H23F2N3O2/c18-17(19)22-9-7-20-16(22)12-21-8-3-1-2-5-13(21)11-14(23)15-6-4-10-24-15/h4,6-7,9-10,13-14,17,23H,1-3,5,8,11-12H2. The molecule has 0 saturated carbocycles. The second kappa shape index (κ2) is 7.90. The zero-order chi connectivity index (χ0) is 16.9. The zero-order valence-electron chi connectivity index (χ0n) is 13.5. The highest BCUT2D eigenvalue weighted by Crippen LogP contribution is 2.28. The average molecular weight is 339 g/mol. The van der Waals surface area contributed by atoms with Gasteiger partial charge in [0, 0.05) is 18.4 Å². The number of imidazole rings is 1. The van der Waals surface area contributed by atoms with E-state index in [0.29, 0.717) is 24.6 Å². The van der Waals surface area contributed by atoms with Gasteiger partial charge in [-0.25, -0.2) is 4.98 Å². The second-order valence-corrected chi connectivity index (χ2v) is 6.27. The summed E-state index contributed by atoms with van der Waals surface area (Å²) in [7, 11) is 0. The molecule has 2 aromatic rings. The molecule has 2 atom stereocenters. The first-order valence-electron chi connectivity index (χ1n) is 8.40. The lowest BCUT2D eigenvalue weighted by Gasteiger charge is -2.31. The van der Waals surface area contributed by atoms with Gasteiger partial charge in [0.1, 0.15) is 17.7 Å². The zero-order valence-corrected chi connectivity index (χ0v) is 13.5. The quantitative estimate of drug-likeness (QED) is 0.871. The van der Waals surface area contributed by atoms with Crippen LogP contribution in [0.25, 0.3) is 0 Å². The molecule has 2 aromatic heterocycles. The Morgan fingerprint density at radius 3 is 2.96 bits per heavy atom. The van der Waals surface area contributed by atoms with Crippen molar-refractivity contribution in [3.63, 3.8) is 0 Å². The van der Waals surface area contributed by atoms with Crippen LogP contribution in [0, 0.1) is 0 Å². The van der Waals surface area contributed by atoms with Crippen molar-refractivity contribution in [1.82, 2.24) is 14.5 Å². The van der Waals surface area contributed by atoms with Gasteiger partial charge in [0.25, 0.3) is 0 Å². The molecule has 0 aliphatic carbocycles. The molecule has 2 unspecified atom stereocenters. The Morgan fingerprint density at radius 2 is 2.21 bits per heavy atom. The van der Waals surface area contributed by atoms with E-state index < -0.39 is 12.7 Å². The van der Waals surface area contributed by atoms with Crippen LogP contribution in [0.2, 0.25) is 0 Å². The molecule has 1 aliphatic heterocycles.